The Balaban J connectivity index is 0.000000523. The van der Waals surface area contributed by atoms with Crippen LogP contribution in [0.2, 0.25) is 0 Å². The highest BCUT2D eigenvalue weighted by Crippen LogP contribution is 2.39. The van der Waals surface area contributed by atoms with Crippen molar-refractivity contribution in [3.05, 3.63) is 97.1 Å². The monoisotopic (exact) mass is 455 g/mol. The second-order valence-corrected chi connectivity index (χ2v) is 8.30. The van der Waals surface area contributed by atoms with E-state index >= 15 is 0 Å². The van der Waals surface area contributed by atoms with E-state index in [0.717, 1.165) is 0 Å². The topological polar surface area (TPSA) is 3.24 Å². The Labute approximate surface area is 189 Å². The van der Waals surface area contributed by atoms with Crippen LogP contribution in [-0.2, 0) is 0 Å². The maximum atomic E-state index is 9.75. The van der Waals surface area contributed by atoms with Crippen molar-refractivity contribution < 1.29 is 17.3 Å². The van der Waals surface area contributed by atoms with Gasteiger partial charge in [-0.1, -0.05) is 54.6 Å². The van der Waals surface area contributed by atoms with Crippen LogP contribution in [0.5, 0.6) is 0 Å². The molecule has 0 saturated heterocycles. The molecule has 1 aromatic heterocycles. The van der Waals surface area contributed by atoms with Gasteiger partial charge in [-0.25, -0.2) is 0 Å². The number of benzene rings is 3. The zero-order valence-electron chi connectivity index (χ0n) is 17.7. The lowest BCUT2D eigenvalue weighted by atomic mass is 10.0. The highest BCUT2D eigenvalue weighted by Gasteiger charge is 2.21. The van der Waals surface area contributed by atoms with E-state index in [2.05, 4.69) is 116 Å². The van der Waals surface area contributed by atoms with Gasteiger partial charge in [0.2, 0.25) is 21.1 Å². The number of para-hydroxylation sites is 1. The average molecular weight is 455 g/mol. The molecular weight excluding hydrogens is 433 g/mol. The van der Waals surface area contributed by atoms with Gasteiger partial charge in [-0.05, 0) is 35.9 Å². The summed E-state index contributed by atoms with van der Waals surface area (Å²) in [6.07, 6.45) is 0. The fraction of sp³-hybridized carbons (Fsp3) is 0.0800. The van der Waals surface area contributed by atoms with Gasteiger partial charge in [0.15, 0.2) is 0 Å². The molecule has 0 aliphatic heterocycles. The van der Waals surface area contributed by atoms with Gasteiger partial charge in [-0.3, -0.25) is 0 Å². The van der Waals surface area contributed by atoms with Gasteiger partial charge >= 0.3 is 7.25 Å². The van der Waals surface area contributed by atoms with Crippen LogP contribution in [0.1, 0.15) is 0 Å². The van der Waals surface area contributed by atoms with Crippen molar-refractivity contribution in [1.82, 2.24) is 0 Å². The number of halogens is 4. The van der Waals surface area contributed by atoms with E-state index in [1.807, 2.05) is 11.3 Å². The summed E-state index contributed by atoms with van der Waals surface area (Å²) in [6.45, 7) is 0. The molecule has 4 rings (SSSR count). The SMILES string of the molecule is CN(C)c1ccccc1-c1cc(-c2ccccc2)[s+]c(-c2ccccc2)c1.F[B-](F)(F)F. The van der Waals surface area contributed by atoms with Crippen LogP contribution in [0.25, 0.3) is 32.0 Å². The predicted octanol–water partition coefficient (Wildman–Crippen LogP) is 8.40. The summed E-state index contributed by atoms with van der Waals surface area (Å²) in [4.78, 5) is 4.73. The molecule has 0 aliphatic rings. The number of hydrogen-bond acceptors (Lipinski definition) is 1. The molecule has 0 atom stereocenters. The van der Waals surface area contributed by atoms with E-state index in [0.29, 0.717) is 0 Å². The van der Waals surface area contributed by atoms with Crippen LogP contribution in [-0.4, -0.2) is 21.3 Å². The maximum absolute atomic E-state index is 9.75. The van der Waals surface area contributed by atoms with Crippen molar-refractivity contribution in [3.8, 4) is 32.0 Å². The first-order valence-electron chi connectivity index (χ1n) is 9.95. The van der Waals surface area contributed by atoms with Crippen molar-refractivity contribution in [2.24, 2.45) is 0 Å². The van der Waals surface area contributed by atoms with Gasteiger partial charge in [0.25, 0.3) is 0 Å². The third kappa shape index (κ3) is 6.66. The molecule has 4 aromatic rings. The molecule has 0 fully saturated rings. The Kier molecular flexibility index (Phi) is 7.64. The van der Waals surface area contributed by atoms with Crippen LogP contribution < -0.4 is 4.90 Å². The molecule has 7 heteroatoms. The molecule has 0 aliphatic carbocycles. The van der Waals surface area contributed by atoms with Gasteiger partial charge in [0.05, 0.1) is 0 Å². The van der Waals surface area contributed by atoms with Crippen molar-refractivity contribution in [3.63, 3.8) is 0 Å². The zero-order valence-corrected chi connectivity index (χ0v) is 18.5. The number of anilines is 1. The lowest BCUT2D eigenvalue weighted by Crippen LogP contribution is -2.09. The standard InChI is InChI=1S/C25H22NS.BF4/c1-26(2)23-16-10-9-15-22(23)21-17-24(19-11-5-3-6-12-19)27-25(18-21)20-13-7-4-8-14-20;2-1(3,4)5/h3-18H,1-2H3;/q+1;-1. The summed E-state index contributed by atoms with van der Waals surface area (Å²) in [7, 11) is -1.80. The summed E-state index contributed by atoms with van der Waals surface area (Å²) in [5.41, 5.74) is 6.24. The minimum Gasteiger partial charge on any atom is -0.418 e. The smallest absolute Gasteiger partial charge is 0.418 e. The molecule has 0 unspecified atom stereocenters. The fourth-order valence-corrected chi connectivity index (χ4v) is 4.37. The molecule has 0 N–H and O–H groups in total. The number of nitrogens with zero attached hydrogens (tertiary/aromatic N) is 1. The minimum atomic E-state index is -6.00. The van der Waals surface area contributed by atoms with Gasteiger partial charge in [-0.15, -0.1) is 0 Å². The van der Waals surface area contributed by atoms with Crippen LogP contribution in [0.4, 0.5) is 23.0 Å². The predicted molar refractivity (Wildman–Crippen MR) is 130 cm³/mol. The molecule has 0 spiro atoms. The molecule has 0 bridgehead atoms. The van der Waals surface area contributed by atoms with E-state index in [9.17, 15) is 17.3 Å². The largest absolute Gasteiger partial charge is 0.673 e. The molecule has 32 heavy (non-hydrogen) atoms. The summed E-state index contributed by atoms with van der Waals surface area (Å²) in [6, 6.07) is 34.5. The van der Waals surface area contributed by atoms with E-state index in [1.54, 1.807) is 0 Å². The second-order valence-electron chi connectivity index (χ2n) is 7.21. The summed E-state index contributed by atoms with van der Waals surface area (Å²) >= 11 is 1.84. The summed E-state index contributed by atoms with van der Waals surface area (Å²) < 4.78 is 39.0. The van der Waals surface area contributed by atoms with Crippen LogP contribution in [0.3, 0.4) is 0 Å². The molecule has 1 nitrogen and oxygen atoms in total. The normalized spacial score (nSPS) is 10.8. The quantitative estimate of drug-likeness (QED) is 0.170. The second kappa shape index (κ2) is 10.4. The summed E-state index contributed by atoms with van der Waals surface area (Å²) in [5, 5.41) is 0. The van der Waals surface area contributed by atoms with Crippen molar-refractivity contribution in [1.29, 1.82) is 0 Å². The Morgan fingerprint density at radius 3 is 1.44 bits per heavy atom. The molecule has 164 valence electrons. The first-order valence-corrected chi connectivity index (χ1v) is 10.8. The molecule has 0 saturated carbocycles. The highest BCUT2D eigenvalue weighted by molar-refractivity contribution is 7.18. The van der Waals surface area contributed by atoms with Gasteiger partial charge < -0.3 is 22.2 Å². The van der Waals surface area contributed by atoms with E-state index in [-0.39, 0.29) is 0 Å². The number of rotatable bonds is 4. The van der Waals surface area contributed by atoms with Crippen molar-refractivity contribution in [2.45, 2.75) is 0 Å². The maximum Gasteiger partial charge on any atom is 0.673 e. The van der Waals surface area contributed by atoms with E-state index in [4.69, 9.17) is 0 Å². The molecule has 3 aromatic carbocycles. The first-order chi connectivity index (χ1) is 15.2. The van der Waals surface area contributed by atoms with Gasteiger partial charge in [0.1, 0.15) is 0 Å². The Morgan fingerprint density at radius 1 is 0.594 bits per heavy atom. The average Bonchev–Trinajstić information content (AvgIpc) is 2.79. The lowest BCUT2D eigenvalue weighted by Gasteiger charge is -2.17. The molecular formula is C25H22BF4NS. The van der Waals surface area contributed by atoms with Crippen molar-refractivity contribution in [2.75, 3.05) is 19.0 Å². The van der Waals surface area contributed by atoms with E-state index in [1.165, 1.54) is 37.7 Å². The Morgan fingerprint density at radius 2 is 1.00 bits per heavy atom. The van der Waals surface area contributed by atoms with Gasteiger partial charge in [-0.2, -0.15) is 0 Å². The van der Waals surface area contributed by atoms with Crippen LogP contribution in [0.15, 0.2) is 97.1 Å². The highest BCUT2D eigenvalue weighted by atomic mass is 32.1. The Bertz CT molecular complexity index is 1090. The molecule has 0 amide bonds. The van der Waals surface area contributed by atoms with Crippen LogP contribution in [0, 0.1) is 0 Å². The first kappa shape index (κ1) is 23.5. The fourth-order valence-electron chi connectivity index (χ4n) is 3.25. The van der Waals surface area contributed by atoms with E-state index < -0.39 is 7.25 Å². The van der Waals surface area contributed by atoms with Crippen molar-refractivity contribution >= 4 is 24.3 Å². The molecule has 0 radical (unpaired) electrons. The summed E-state index contributed by atoms with van der Waals surface area (Å²) in [5.74, 6) is 0. The third-order valence-electron chi connectivity index (χ3n) is 4.61. The minimum absolute atomic E-state index is 1.23. The van der Waals surface area contributed by atoms with Crippen LogP contribution >= 0.6 is 11.3 Å². The zero-order chi connectivity index (χ0) is 23.1. The Hall–Kier alpha value is -3.19. The third-order valence-corrected chi connectivity index (χ3v) is 5.75. The van der Waals surface area contributed by atoms with Gasteiger partial charge in [0, 0.05) is 48.6 Å². The number of hydrogen-bond donors (Lipinski definition) is 0. The lowest BCUT2D eigenvalue weighted by molar-refractivity contribution is 0.368. The molecule has 1 heterocycles.